The number of aromatic nitrogens is 3. The molecule has 1 N–H and O–H groups in total. The highest BCUT2D eigenvalue weighted by molar-refractivity contribution is 5.79. The van der Waals surface area contributed by atoms with E-state index in [1.165, 1.54) is 4.57 Å². The van der Waals surface area contributed by atoms with Crippen molar-refractivity contribution in [3.63, 3.8) is 0 Å². The number of carbonyl (C=O) groups is 1. The van der Waals surface area contributed by atoms with E-state index in [0.29, 0.717) is 22.7 Å². The molecule has 2 heterocycles. The van der Waals surface area contributed by atoms with Gasteiger partial charge in [-0.15, -0.1) is 0 Å². The number of hydrogen-bond donors (Lipinski definition) is 1. The normalized spacial score (nSPS) is 10.8. The lowest BCUT2D eigenvalue weighted by Gasteiger charge is -2.12. The van der Waals surface area contributed by atoms with Crippen LogP contribution in [0.2, 0.25) is 0 Å². The summed E-state index contributed by atoms with van der Waals surface area (Å²) in [5, 5.41) is 2.77. The van der Waals surface area contributed by atoms with E-state index in [4.69, 9.17) is 4.42 Å². The van der Waals surface area contributed by atoms with Crippen molar-refractivity contribution >= 4 is 23.0 Å². The SMILES string of the molecule is Cc1cc(CNC(=O)Cn2c(=O)oc3ccccc32)nc(N(C)C)n1. The first-order valence-corrected chi connectivity index (χ1v) is 7.81. The molecule has 0 saturated heterocycles. The number of rotatable bonds is 5. The molecule has 0 radical (unpaired) electrons. The smallest absolute Gasteiger partial charge is 0.408 e. The monoisotopic (exact) mass is 341 g/mol. The van der Waals surface area contributed by atoms with Gasteiger partial charge < -0.3 is 14.6 Å². The number of amides is 1. The molecule has 0 spiro atoms. The number of fused-ring (bicyclic) bond motifs is 1. The second-order valence-electron chi connectivity index (χ2n) is 5.89. The second-order valence-corrected chi connectivity index (χ2v) is 5.89. The van der Waals surface area contributed by atoms with Gasteiger partial charge in [0.2, 0.25) is 11.9 Å². The van der Waals surface area contributed by atoms with Crippen LogP contribution in [0.5, 0.6) is 0 Å². The molecule has 0 aliphatic rings. The first kappa shape index (κ1) is 16.7. The van der Waals surface area contributed by atoms with Gasteiger partial charge in [0.25, 0.3) is 0 Å². The first-order chi connectivity index (χ1) is 11.9. The Bertz CT molecular complexity index is 974. The molecule has 0 bridgehead atoms. The third kappa shape index (κ3) is 3.68. The van der Waals surface area contributed by atoms with E-state index in [1.807, 2.05) is 27.1 Å². The fourth-order valence-corrected chi connectivity index (χ4v) is 2.46. The fourth-order valence-electron chi connectivity index (χ4n) is 2.46. The summed E-state index contributed by atoms with van der Waals surface area (Å²) in [5.74, 6) is -0.262. The van der Waals surface area contributed by atoms with E-state index in [0.717, 1.165) is 5.69 Å². The molecular formula is C17H19N5O3. The van der Waals surface area contributed by atoms with Crippen molar-refractivity contribution < 1.29 is 9.21 Å². The first-order valence-electron chi connectivity index (χ1n) is 7.81. The molecule has 3 rings (SSSR count). The van der Waals surface area contributed by atoms with Crippen LogP contribution in [0.15, 0.2) is 39.5 Å². The number of carbonyl (C=O) groups excluding carboxylic acids is 1. The van der Waals surface area contributed by atoms with E-state index in [2.05, 4.69) is 15.3 Å². The number of nitrogens with one attached hydrogen (secondary N) is 1. The molecule has 8 heteroatoms. The molecule has 8 nitrogen and oxygen atoms in total. The largest absolute Gasteiger partial charge is 0.420 e. The highest BCUT2D eigenvalue weighted by atomic mass is 16.4. The molecule has 0 aliphatic heterocycles. The maximum Gasteiger partial charge on any atom is 0.420 e. The molecule has 0 atom stereocenters. The number of para-hydroxylation sites is 2. The Balaban J connectivity index is 1.71. The minimum atomic E-state index is -0.552. The summed E-state index contributed by atoms with van der Waals surface area (Å²) in [5.41, 5.74) is 2.58. The van der Waals surface area contributed by atoms with Crippen molar-refractivity contribution in [3.05, 3.63) is 52.3 Å². The third-order valence-corrected chi connectivity index (χ3v) is 3.64. The number of anilines is 1. The van der Waals surface area contributed by atoms with E-state index < -0.39 is 5.76 Å². The Labute approximate surface area is 144 Å². The number of benzene rings is 1. The summed E-state index contributed by atoms with van der Waals surface area (Å²) >= 11 is 0. The number of aryl methyl sites for hydroxylation is 1. The summed E-state index contributed by atoms with van der Waals surface area (Å²) in [4.78, 5) is 34.6. The van der Waals surface area contributed by atoms with Gasteiger partial charge >= 0.3 is 5.76 Å². The summed E-state index contributed by atoms with van der Waals surface area (Å²) in [6.45, 7) is 2.02. The minimum Gasteiger partial charge on any atom is -0.408 e. The molecule has 25 heavy (non-hydrogen) atoms. The van der Waals surface area contributed by atoms with Gasteiger partial charge in [0.05, 0.1) is 17.8 Å². The molecule has 3 aromatic rings. The van der Waals surface area contributed by atoms with Crippen LogP contribution in [0.1, 0.15) is 11.4 Å². The van der Waals surface area contributed by atoms with E-state index in [-0.39, 0.29) is 19.0 Å². The zero-order valence-electron chi connectivity index (χ0n) is 14.3. The highest BCUT2D eigenvalue weighted by Gasteiger charge is 2.12. The average molecular weight is 341 g/mol. The van der Waals surface area contributed by atoms with Gasteiger partial charge in [-0.05, 0) is 25.1 Å². The standard InChI is InChI=1S/C17H19N5O3/c1-11-8-12(20-16(19-11)21(2)3)9-18-15(23)10-22-13-6-4-5-7-14(13)25-17(22)24/h4-8H,9-10H2,1-3H3,(H,18,23). The molecular weight excluding hydrogens is 322 g/mol. The molecule has 0 fully saturated rings. The van der Waals surface area contributed by atoms with Crippen molar-refractivity contribution in [1.29, 1.82) is 0 Å². The van der Waals surface area contributed by atoms with Crippen LogP contribution in [-0.2, 0) is 17.9 Å². The van der Waals surface area contributed by atoms with E-state index in [1.54, 1.807) is 29.2 Å². The van der Waals surface area contributed by atoms with Gasteiger partial charge in [-0.3, -0.25) is 9.36 Å². The quantitative estimate of drug-likeness (QED) is 0.746. The number of nitrogens with zero attached hydrogens (tertiary/aromatic N) is 4. The predicted octanol–water partition coefficient (Wildman–Crippen LogP) is 1.08. The molecule has 1 aromatic carbocycles. The van der Waals surface area contributed by atoms with Crippen molar-refractivity contribution in [1.82, 2.24) is 19.9 Å². The summed E-state index contributed by atoms with van der Waals surface area (Å²) in [7, 11) is 3.71. The Hall–Kier alpha value is -3.16. The van der Waals surface area contributed by atoms with Gasteiger partial charge in [-0.25, -0.2) is 14.8 Å². The predicted molar refractivity (Wildman–Crippen MR) is 93.4 cm³/mol. The van der Waals surface area contributed by atoms with Crippen LogP contribution < -0.4 is 16.0 Å². The van der Waals surface area contributed by atoms with Crippen LogP contribution in [-0.4, -0.2) is 34.5 Å². The zero-order chi connectivity index (χ0) is 18.0. The number of hydrogen-bond acceptors (Lipinski definition) is 6. The lowest BCUT2D eigenvalue weighted by molar-refractivity contribution is -0.121. The third-order valence-electron chi connectivity index (χ3n) is 3.64. The van der Waals surface area contributed by atoms with Gasteiger partial charge in [-0.1, -0.05) is 12.1 Å². The van der Waals surface area contributed by atoms with Crippen LogP contribution in [0.4, 0.5) is 5.95 Å². The fraction of sp³-hybridized carbons (Fsp3) is 0.294. The molecule has 0 saturated carbocycles. The minimum absolute atomic E-state index is 0.111. The zero-order valence-corrected chi connectivity index (χ0v) is 14.3. The molecule has 2 aromatic heterocycles. The van der Waals surface area contributed by atoms with E-state index >= 15 is 0 Å². The van der Waals surface area contributed by atoms with Gasteiger partial charge in [0, 0.05) is 19.8 Å². The molecule has 130 valence electrons. The maximum absolute atomic E-state index is 12.2. The average Bonchev–Trinajstić information content (AvgIpc) is 2.88. The number of oxazole rings is 1. The van der Waals surface area contributed by atoms with Crippen molar-refractivity contribution in [2.24, 2.45) is 0 Å². The Morgan fingerprint density at radius 1 is 1.28 bits per heavy atom. The van der Waals surface area contributed by atoms with Gasteiger partial charge in [0.1, 0.15) is 6.54 Å². The Kier molecular flexibility index (Phi) is 4.51. The van der Waals surface area contributed by atoms with Crippen molar-refractivity contribution in [3.8, 4) is 0 Å². The molecule has 1 amide bonds. The summed E-state index contributed by atoms with van der Waals surface area (Å²) in [6.07, 6.45) is 0. The lowest BCUT2D eigenvalue weighted by Crippen LogP contribution is -2.30. The Morgan fingerprint density at radius 2 is 2.04 bits per heavy atom. The molecule has 0 aliphatic carbocycles. The summed E-state index contributed by atoms with van der Waals surface area (Å²) < 4.78 is 6.43. The van der Waals surface area contributed by atoms with Crippen LogP contribution >= 0.6 is 0 Å². The topological polar surface area (TPSA) is 93.3 Å². The summed E-state index contributed by atoms with van der Waals surface area (Å²) in [6, 6.07) is 8.81. The van der Waals surface area contributed by atoms with Gasteiger partial charge in [-0.2, -0.15) is 0 Å². The highest BCUT2D eigenvalue weighted by Crippen LogP contribution is 2.11. The molecule has 0 unspecified atom stereocenters. The van der Waals surface area contributed by atoms with Crippen LogP contribution in [0.3, 0.4) is 0 Å². The maximum atomic E-state index is 12.2. The van der Waals surface area contributed by atoms with Crippen molar-refractivity contribution in [2.45, 2.75) is 20.0 Å². The van der Waals surface area contributed by atoms with Crippen LogP contribution in [0, 0.1) is 6.92 Å². The Morgan fingerprint density at radius 3 is 2.80 bits per heavy atom. The lowest BCUT2D eigenvalue weighted by atomic mass is 10.3. The van der Waals surface area contributed by atoms with E-state index in [9.17, 15) is 9.59 Å². The van der Waals surface area contributed by atoms with Gasteiger partial charge in [0.15, 0.2) is 5.58 Å². The second kappa shape index (κ2) is 6.76. The van der Waals surface area contributed by atoms with Crippen molar-refractivity contribution in [2.75, 3.05) is 19.0 Å². The van der Waals surface area contributed by atoms with Crippen LogP contribution in [0.25, 0.3) is 11.1 Å².